The van der Waals surface area contributed by atoms with Crippen molar-refractivity contribution >= 4 is 0 Å². The van der Waals surface area contributed by atoms with Crippen molar-refractivity contribution < 1.29 is 10.2 Å². The van der Waals surface area contributed by atoms with Crippen molar-refractivity contribution in [2.24, 2.45) is 0 Å². The Morgan fingerprint density at radius 1 is 0.762 bits per heavy atom. The van der Waals surface area contributed by atoms with Crippen LogP contribution in [-0.4, -0.2) is 10.2 Å². The molecule has 2 aromatic carbocycles. The minimum absolute atomic E-state index is 0.00333. The van der Waals surface area contributed by atoms with Gasteiger partial charge in [-0.05, 0) is 56.4 Å². The average Bonchev–Trinajstić information content (AvgIpc) is 2.47. The summed E-state index contributed by atoms with van der Waals surface area (Å²) in [7, 11) is 0. The van der Waals surface area contributed by atoms with E-state index in [1.54, 1.807) is 0 Å². The molecule has 0 aliphatic rings. The van der Waals surface area contributed by atoms with Crippen molar-refractivity contribution in [3.8, 4) is 11.5 Å². The molecule has 0 aromatic heterocycles. The minimum Gasteiger partial charge on any atom is -0.507 e. The monoisotopic (exact) mass is 284 g/mol. The molecule has 0 amide bonds. The van der Waals surface area contributed by atoms with Crippen LogP contribution >= 0.6 is 0 Å². The highest BCUT2D eigenvalue weighted by molar-refractivity contribution is 5.53. The molecule has 2 aromatic rings. The molecule has 2 nitrogen and oxygen atoms in total. The summed E-state index contributed by atoms with van der Waals surface area (Å²) >= 11 is 0. The van der Waals surface area contributed by atoms with Crippen molar-refractivity contribution in [3.63, 3.8) is 0 Å². The second kappa shape index (κ2) is 5.80. The van der Waals surface area contributed by atoms with E-state index in [1.807, 2.05) is 52.0 Å². The lowest BCUT2D eigenvalue weighted by Gasteiger charge is -2.21. The third-order valence-corrected chi connectivity index (χ3v) is 4.63. The second-order valence-electron chi connectivity index (χ2n) is 5.85. The molecule has 21 heavy (non-hydrogen) atoms. The standard InChI is InChI=1S/C19H24O2/c1-6-15(16-9-7-11(2)13(4)18(16)20)17-10-8-12(3)14(5)19(17)21/h7-10,15,20-21H,6H2,1-5H3. The predicted molar refractivity (Wildman–Crippen MR) is 87.3 cm³/mol. The van der Waals surface area contributed by atoms with Gasteiger partial charge < -0.3 is 10.2 Å². The zero-order chi connectivity index (χ0) is 15.7. The fraction of sp³-hybridized carbons (Fsp3) is 0.368. The molecule has 0 saturated carbocycles. The first-order valence-electron chi connectivity index (χ1n) is 7.46. The van der Waals surface area contributed by atoms with Crippen molar-refractivity contribution in [2.75, 3.05) is 0 Å². The molecular formula is C19H24O2. The quantitative estimate of drug-likeness (QED) is 0.844. The van der Waals surface area contributed by atoms with E-state index in [-0.39, 0.29) is 5.92 Å². The highest BCUT2D eigenvalue weighted by Gasteiger charge is 2.21. The number of phenols is 2. The summed E-state index contributed by atoms with van der Waals surface area (Å²) in [6.07, 6.45) is 0.826. The third kappa shape index (κ3) is 2.63. The lowest BCUT2D eigenvalue weighted by Crippen LogP contribution is -2.03. The maximum atomic E-state index is 10.5. The molecule has 0 bridgehead atoms. The fourth-order valence-corrected chi connectivity index (χ4v) is 2.81. The number of aryl methyl sites for hydroxylation is 2. The number of phenolic OH excluding ortho intramolecular Hbond substituents is 2. The second-order valence-corrected chi connectivity index (χ2v) is 5.85. The molecule has 2 N–H and O–H groups in total. The summed E-state index contributed by atoms with van der Waals surface area (Å²) < 4.78 is 0. The van der Waals surface area contributed by atoms with Gasteiger partial charge in [-0.3, -0.25) is 0 Å². The molecule has 112 valence electrons. The molecule has 0 aliphatic heterocycles. The van der Waals surface area contributed by atoms with Gasteiger partial charge in [0.15, 0.2) is 0 Å². The Kier molecular flexibility index (Phi) is 4.26. The third-order valence-electron chi connectivity index (χ3n) is 4.63. The van der Waals surface area contributed by atoms with E-state index in [0.717, 1.165) is 39.8 Å². The smallest absolute Gasteiger partial charge is 0.122 e. The molecule has 0 atom stereocenters. The molecule has 2 heteroatoms. The maximum Gasteiger partial charge on any atom is 0.122 e. The Morgan fingerprint density at radius 3 is 1.48 bits per heavy atom. The molecule has 0 heterocycles. The SMILES string of the molecule is CCC(c1ccc(C)c(C)c1O)c1ccc(C)c(C)c1O. The van der Waals surface area contributed by atoms with Gasteiger partial charge >= 0.3 is 0 Å². The number of hydrogen-bond donors (Lipinski definition) is 2. The van der Waals surface area contributed by atoms with Gasteiger partial charge in [0.25, 0.3) is 0 Å². The fourth-order valence-electron chi connectivity index (χ4n) is 2.81. The van der Waals surface area contributed by atoms with Gasteiger partial charge in [-0.2, -0.15) is 0 Å². The van der Waals surface area contributed by atoms with E-state index >= 15 is 0 Å². The lowest BCUT2D eigenvalue weighted by molar-refractivity contribution is 0.448. The van der Waals surface area contributed by atoms with Gasteiger partial charge in [0, 0.05) is 17.0 Å². The Bertz CT molecular complexity index is 614. The molecule has 0 aliphatic carbocycles. The van der Waals surface area contributed by atoms with Crippen molar-refractivity contribution in [3.05, 3.63) is 57.6 Å². The zero-order valence-corrected chi connectivity index (χ0v) is 13.5. The molecule has 0 fully saturated rings. The van der Waals surface area contributed by atoms with Crippen molar-refractivity contribution in [1.29, 1.82) is 0 Å². The van der Waals surface area contributed by atoms with E-state index in [9.17, 15) is 10.2 Å². The summed E-state index contributed by atoms with van der Waals surface area (Å²) in [5, 5.41) is 20.9. The molecule has 0 unspecified atom stereocenters. The first-order chi connectivity index (χ1) is 9.88. The van der Waals surface area contributed by atoms with Crippen LogP contribution in [0.25, 0.3) is 0 Å². The maximum absolute atomic E-state index is 10.5. The average molecular weight is 284 g/mol. The van der Waals surface area contributed by atoms with Crippen LogP contribution in [0.15, 0.2) is 24.3 Å². The van der Waals surface area contributed by atoms with Crippen LogP contribution < -0.4 is 0 Å². The molecule has 0 saturated heterocycles. The van der Waals surface area contributed by atoms with Crippen LogP contribution in [0.4, 0.5) is 0 Å². The van der Waals surface area contributed by atoms with Gasteiger partial charge in [0.1, 0.15) is 11.5 Å². The molecule has 0 radical (unpaired) electrons. The summed E-state index contributed by atoms with van der Waals surface area (Å²) in [4.78, 5) is 0. The summed E-state index contributed by atoms with van der Waals surface area (Å²) in [5.41, 5.74) is 5.76. The Hall–Kier alpha value is -1.96. The predicted octanol–water partition coefficient (Wildman–Crippen LogP) is 4.87. The Labute approximate surface area is 127 Å². The zero-order valence-electron chi connectivity index (χ0n) is 13.5. The van der Waals surface area contributed by atoms with Gasteiger partial charge in [0.05, 0.1) is 0 Å². The summed E-state index contributed by atoms with van der Waals surface area (Å²) in [6.45, 7) is 9.93. The van der Waals surface area contributed by atoms with Gasteiger partial charge in [-0.25, -0.2) is 0 Å². The van der Waals surface area contributed by atoms with Crippen LogP contribution in [-0.2, 0) is 0 Å². The van der Waals surface area contributed by atoms with Crippen LogP contribution in [0.5, 0.6) is 11.5 Å². The number of rotatable bonds is 3. The largest absolute Gasteiger partial charge is 0.507 e. The van der Waals surface area contributed by atoms with E-state index in [1.165, 1.54) is 0 Å². The van der Waals surface area contributed by atoms with Crippen molar-refractivity contribution in [1.82, 2.24) is 0 Å². The molecular weight excluding hydrogens is 260 g/mol. The molecule has 2 rings (SSSR count). The van der Waals surface area contributed by atoms with Gasteiger partial charge in [-0.1, -0.05) is 31.2 Å². The Balaban J connectivity index is 2.61. The van der Waals surface area contributed by atoms with Crippen LogP contribution in [0.1, 0.15) is 52.6 Å². The number of hydrogen-bond acceptors (Lipinski definition) is 2. The van der Waals surface area contributed by atoms with E-state index in [0.29, 0.717) is 11.5 Å². The van der Waals surface area contributed by atoms with Crippen molar-refractivity contribution in [2.45, 2.75) is 47.0 Å². The normalized spacial score (nSPS) is 11.1. The van der Waals surface area contributed by atoms with Crippen LogP contribution in [0.2, 0.25) is 0 Å². The van der Waals surface area contributed by atoms with E-state index < -0.39 is 0 Å². The topological polar surface area (TPSA) is 40.5 Å². The first-order valence-corrected chi connectivity index (χ1v) is 7.46. The minimum atomic E-state index is 0.00333. The number of aromatic hydroxyl groups is 2. The highest BCUT2D eigenvalue weighted by Crippen LogP contribution is 2.41. The highest BCUT2D eigenvalue weighted by atomic mass is 16.3. The first kappa shape index (κ1) is 15.4. The van der Waals surface area contributed by atoms with Crippen LogP contribution in [0, 0.1) is 27.7 Å². The van der Waals surface area contributed by atoms with Gasteiger partial charge in [-0.15, -0.1) is 0 Å². The summed E-state index contributed by atoms with van der Waals surface area (Å²) in [5.74, 6) is 0.697. The van der Waals surface area contributed by atoms with Gasteiger partial charge in [0.2, 0.25) is 0 Å². The lowest BCUT2D eigenvalue weighted by atomic mass is 9.85. The Morgan fingerprint density at radius 2 is 1.14 bits per heavy atom. The van der Waals surface area contributed by atoms with Crippen LogP contribution in [0.3, 0.4) is 0 Å². The van der Waals surface area contributed by atoms with E-state index in [4.69, 9.17) is 0 Å². The summed E-state index contributed by atoms with van der Waals surface area (Å²) in [6, 6.07) is 8.01. The van der Waals surface area contributed by atoms with E-state index in [2.05, 4.69) is 6.92 Å². The molecule has 0 spiro atoms. The number of benzene rings is 2.